The Balaban J connectivity index is 1.23. The number of rotatable bonds is 5. The Kier molecular flexibility index (Phi) is 5.68. The molecule has 3 aromatic rings. The molecule has 0 saturated carbocycles. The summed E-state index contributed by atoms with van der Waals surface area (Å²) in [6, 6.07) is 22.6. The Morgan fingerprint density at radius 1 is 0.742 bits per heavy atom. The quantitative estimate of drug-likeness (QED) is 0.578. The highest BCUT2D eigenvalue weighted by Gasteiger charge is 2.22. The number of piperazine rings is 1. The molecule has 0 aliphatic carbocycles. The minimum Gasteiger partial charge on any atom is -0.297 e. The third-order valence-corrected chi connectivity index (χ3v) is 6.42. The zero-order valence-corrected chi connectivity index (χ0v) is 18.1. The summed E-state index contributed by atoms with van der Waals surface area (Å²) in [6.07, 6.45) is 1.72. The molecule has 2 heterocycles. The molecule has 156 valence electrons. The molecule has 2 aliphatic rings. The summed E-state index contributed by atoms with van der Waals surface area (Å²) in [5, 5.41) is 0.761. The van der Waals surface area contributed by atoms with Crippen LogP contribution in [0.5, 0.6) is 0 Å². The second kappa shape index (κ2) is 8.75. The summed E-state index contributed by atoms with van der Waals surface area (Å²) in [4.78, 5) is 20.8. The number of halogens is 1. The van der Waals surface area contributed by atoms with Crippen molar-refractivity contribution in [1.82, 2.24) is 9.80 Å². The van der Waals surface area contributed by atoms with E-state index < -0.39 is 0 Å². The molecule has 0 atom stereocenters. The molecule has 31 heavy (non-hydrogen) atoms. The number of carbonyl (C=O) groups is 1. The van der Waals surface area contributed by atoms with Crippen LogP contribution in [0.25, 0.3) is 11.1 Å². The van der Waals surface area contributed by atoms with Crippen LogP contribution in [-0.2, 0) is 13.1 Å². The molecule has 5 heteroatoms. The maximum absolute atomic E-state index is 11.8. The molecule has 5 rings (SSSR count). The molecular formula is C26H24ClN3O. The summed E-state index contributed by atoms with van der Waals surface area (Å²) < 4.78 is 0. The standard InChI is InChI=1S/C26H24ClN3O/c27-22-10-8-19(9-11-22)23-6-2-1-4-20(23)17-29-12-14-30(15-13-29)18-21-5-3-7-24-25(21)16-28-26(24)31/h1-11,16H,12-15,17-18H2. The monoisotopic (exact) mass is 429 g/mol. The molecule has 0 spiro atoms. The number of amides is 1. The van der Waals surface area contributed by atoms with Gasteiger partial charge in [0.05, 0.1) is 5.56 Å². The van der Waals surface area contributed by atoms with Crippen LogP contribution in [0.1, 0.15) is 27.0 Å². The molecule has 1 fully saturated rings. The third-order valence-electron chi connectivity index (χ3n) is 6.16. The molecular weight excluding hydrogens is 406 g/mol. The Labute approximate surface area is 187 Å². The largest absolute Gasteiger partial charge is 0.297 e. The Morgan fingerprint density at radius 3 is 2.10 bits per heavy atom. The van der Waals surface area contributed by atoms with Crippen molar-refractivity contribution in [3.8, 4) is 11.1 Å². The average Bonchev–Trinajstić information content (AvgIpc) is 3.18. The van der Waals surface area contributed by atoms with Gasteiger partial charge in [-0.05, 0) is 40.5 Å². The molecule has 0 unspecified atom stereocenters. The second-order valence-corrected chi connectivity index (χ2v) is 8.59. The van der Waals surface area contributed by atoms with E-state index in [1.807, 2.05) is 24.3 Å². The van der Waals surface area contributed by atoms with E-state index in [1.54, 1.807) is 6.21 Å². The fourth-order valence-corrected chi connectivity index (χ4v) is 4.57. The van der Waals surface area contributed by atoms with Crippen molar-refractivity contribution in [2.24, 2.45) is 4.99 Å². The second-order valence-electron chi connectivity index (χ2n) is 8.16. The lowest BCUT2D eigenvalue weighted by Gasteiger charge is -2.35. The summed E-state index contributed by atoms with van der Waals surface area (Å²) in [7, 11) is 0. The van der Waals surface area contributed by atoms with E-state index in [0.717, 1.165) is 55.4 Å². The van der Waals surface area contributed by atoms with Crippen molar-refractivity contribution in [3.63, 3.8) is 0 Å². The van der Waals surface area contributed by atoms with Crippen LogP contribution in [0.4, 0.5) is 0 Å². The molecule has 1 saturated heterocycles. The van der Waals surface area contributed by atoms with Gasteiger partial charge in [-0.3, -0.25) is 14.6 Å². The van der Waals surface area contributed by atoms with Crippen LogP contribution in [0.3, 0.4) is 0 Å². The smallest absolute Gasteiger partial charge is 0.277 e. The highest BCUT2D eigenvalue weighted by molar-refractivity contribution is 6.30. The number of hydrogen-bond donors (Lipinski definition) is 0. The predicted molar refractivity (Wildman–Crippen MR) is 126 cm³/mol. The van der Waals surface area contributed by atoms with Gasteiger partial charge in [0.15, 0.2) is 0 Å². The van der Waals surface area contributed by atoms with Crippen molar-refractivity contribution in [1.29, 1.82) is 0 Å². The van der Waals surface area contributed by atoms with E-state index in [-0.39, 0.29) is 5.91 Å². The summed E-state index contributed by atoms with van der Waals surface area (Å²) in [5.41, 5.74) is 6.72. The van der Waals surface area contributed by atoms with Gasteiger partial charge in [-0.15, -0.1) is 0 Å². The zero-order chi connectivity index (χ0) is 21.2. The molecule has 3 aromatic carbocycles. The van der Waals surface area contributed by atoms with Crippen LogP contribution < -0.4 is 0 Å². The highest BCUT2D eigenvalue weighted by Crippen LogP contribution is 2.27. The molecule has 0 bridgehead atoms. The van der Waals surface area contributed by atoms with Gasteiger partial charge in [-0.2, -0.15) is 0 Å². The van der Waals surface area contributed by atoms with Gasteiger partial charge in [0.1, 0.15) is 0 Å². The van der Waals surface area contributed by atoms with Gasteiger partial charge in [0.2, 0.25) is 0 Å². The van der Waals surface area contributed by atoms with Crippen LogP contribution in [0, 0.1) is 0 Å². The summed E-state index contributed by atoms with van der Waals surface area (Å²) >= 11 is 6.07. The first-order valence-corrected chi connectivity index (χ1v) is 11.0. The average molecular weight is 430 g/mol. The van der Waals surface area contributed by atoms with Crippen molar-refractivity contribution in [2.45, 2.75) is 13.1 Å². The van der Waals surface area contributed by atoms with Crippen LogP contribution in [0.2, 0.25) is 5.02 Å². The number of nitrogens with zero attached hydrogens (tertiary/aromatic N) is 3. The topological polar surface area (TPSA) is 35.9 Å². The number of benzene rings is 3. The lowest BCUT2D eigenvalue weighted by atomic mass is 9.99. The van der Waals surface area contributed by atoms with E-state index in [1.165, 1.54) is 22.3 Å². The van der Waals surface area contributed by atoms with Gasteiger partial charge in [0.25, 0.3) is 5.91 Å². The number of aliphatic imine (C=N–C) groups is 1. The Morgan fingerprint density at radius 2 is 1.35 bits per heavy atom. The van der Waals surface area contributed by atoms with E-state index in [0.29, 0.717) is 0 Å². The van der Waals surface area contributed by atoms with Crippen molar-refractivity contribution in [3.05, 3.63) is 94.0 Å². The Hall–Kier alpha value is -2.79. The molecule has 1 amide bonds. The van der Waals surface area contributed by atoms with Crippen LogP contribution in [-0.4, -0.2) is 48.1 Å². The van der Waals surface area contributed by atoms with Crippen LogP contribution >= 0.6 is 11.6 Å². The minimum atomic E-state index is -0.124. The molecule has 0 aromatic heterocycles. The van der Waals surface area contributed by atoms with Crippen molar-refractivity contribution >= 4 is 23.7 Å². The Bertz CT molecular complexity index is 1130. The van der Waals surface area contributed by atoms with E-state index in [4.69, 9.17) is 11.6 Å². The van der Waals surface area contributed by atoms with E-state index in [2.05, 4.69) is 57.3 Å². The highest BCUT2D eigenvalue weighted by atomic mass is 35.5. The molecule has 2 aliphatic heterocycles. The molecule has 0 radical (unpaired) electrons. The number of carbonyl (C=O) groups excluding carboxylic acids is 1. The molecule has 4 nitrogen and oxygen atoms in total. The number of hydrogen-bond acceptors (Lipinski definition) is 3. The van der Waals surface area contributed by atoms with E-state index in [9.17, 15) is 4.79 Å². The maximum Gasteiger partial charge on any atom is 0.277 e. The number of fused-ring (bicyclic) bond motifs is 1. The first-order chi connectivity index (χ1) is 15.2. The SMILES string of the molecule is O=C1N=Cc2c(CN3CCN(Cc4ccccc4-c4ccc(Cl)cc4)CC3)cccc21. The predicted octanol–water partition coefficient (Wildman–Crippen LogP) is 4.90. The summed E-state index contributed by atoms with van der Waals surface area (Å²) in [5.74, 6) is -0.124. The van der Waals surface area contributed by atoms with Crippen LogP contribution in [0.15, 0.2) is 71.7 Å². The van der Waals surface area contributed by atoms with Gasteiger partial charge in [-0.1, -0.05) is 60.1 Å². The molecule has 0 N–H and O–H groups in total. The summed E-state index contributed by atoms with van der Waals surface area (Å²) in [6.45, 7) is 5.87. The lowest BCUT2D eigenvalue weighted by molar-refractivity contribution is 0.101. The first-order valence-electron chi connectivity index (χ1n) is 10.7. The van der Waals surface area contributed by atoms with Gasteiger partial charge in [-0.25, -0.2) is 4.99 Å². The van der Waals surface area contributed by atoms with Gasteiger partial charge < -0.3 is 0 Å². The maximum atomic E-state index is 11.8. The van der Waals surface area contributed by atoms with E-state index >= 15 is 0 Å². The fourth-order valence-electron chi connectivity index (χ4n) is 4.44. The van der Waals surface area contributed by atoms with Gasteiger partial charge in [0, 0.05) is 56.1 Å². The zero-order valence-electron chi connectivity index (χ0n) is 17.3. The first kappa shape index (κ1) is 20.1. The fraction of sp³-hybridized carbons (Fsp3) is 0.231. The van der Waals surface area contributed by atoms with Crippen molar-refractivity contribution in [2.75, 3.05) is 26.2 Å². The van der Waals surface area contributed by atoms with Crippen molar-refractivity contribution < 1.29 is 4.79 Å². The van der Waals surface area contributed by atoms with Gasteiger partial charge >= 0.3 is 0 Å². The normalized spacial score (nSPS) is 16.6. The third kappa shape index (κ3) is 4.33. The lowest BCUT2D eigenvalue weighted by Crippen LogP contribution is -2.45. The minimum absolute atomic E-state index is 0.124.